The number of carbonyl (C=O) groups is 3. The van der Waals surface area contributed by atoms with Gasteiger partial charge in [-0.1, -0.05) is 17.8 Å². The molecule has 0 saturated carbocycles. The van der Waals surface area contributed by atoms with Gasteiger partial charge in [-0.2, -0.15) is 0 Å². The molecule has 196 valence electrons. The number of aryl methyl sites for hydroxylation is 2. The molecule has 0 atom stereocenters. The second-order valence-corrected chi connectivity index (χ2v) is 10.1. The monoisotopic (exact) mass is 541 g/mol. The second-order valence-electron chi connectivity index (χ2n) is 8.99. The minimum atomic E-state index is -0.444. The number of anilines is 2. The Morgan fingerprint density at radius 1 is 0.897 bits per heavy atom. The molecule has 5 rings (SSSR count). The number of thioether (sulfide) groups is 1. The van der Waals surface area contributed by atoms with Crippen LogP contribution in [0.15, 0.2) is 105 Å². The number of benzene rings is 3. The van der Waals surface area contributed by atoms with Gasteiger partial charge in [-0.3, -0.25) is 19.3 Å². The fourth-order valence-electron chi connectivity index (χ4n) is 3.95. The Morgan fingerprint density at radius 3 is 2.28 bits per heavy atom. The first-order chi connectivity index (χ1) is 18.8. The van der Waals surface area contributed by atoms with Crippen LogP contribution in [-0.4, -0.2) is 22.6 Å². The third-order valence-corrected chi connectivity index (χ3v) is 7.33. The SMILES string of the molecule is Cc1ccc(NC2=C(Sc3ccc(NC(=O)c4ccc(F)cc4)cc3)C(=O)N(Cc3ccco3)C2=O)cc1C. The van der Waals surface area contributed by atoms with Gasteiger partial charge in [0.05, 0.1) is 12.8 Å². The summed E-state index contributed by atoms with van der Waals surface area (Å²) in [5.41, 5.74) is 3.92. The topological polar surface area (TPSA) is 91.7 Å². The van der Waals surface area contributed by atoms with Crippen molar-refractivity contribution in [3.05, 3.63) is 124 Å². The van der Waals surface area contributed by atoms with Crippen LogP contribution in [-0.2, 0) is 16.1 Å². The van der Waals surface area contributed by atoms with E-state index < -0.39 is 17.6 Å². The number of nitrogens with one attached hydrogen (secondary N) is 2. The number of imide groups is 1. The van der Waals surface area contributed by atoms with Crippen LogP contribution >= 0.6 is 11.8 Å². The Morgan fingerprint density at radius 2 is 1.62 bits per heavy atom. The van der Waals surface area contributed by atoms with E-state index in [4.69, 9.17) is 4.42 Å². The molecule has 2 N–H and O–H groups in total. The van der Waals surface area contributed by atoms with Crippen LogP contribution in [0.3, 0.4) is 0 Å². The van der Waals surface area contributed by atoms with Gasteiger partial charge in [-0.05, 0) is 97.8 Å². The first kappa shape index (κ1) is 26.0. The highest BCUT2D eigenvalue weighted by molar-refractivity contribution is 8.04. The maximum absolute atomic E-state index is 13.4. The minimum Gasteiger partial charge on any atom is -0.467 e. The van der Waals surface area contributed by atoms with E-state index >= 15 is 0 Å². The third-order valence-electron chi connectivity index (χ3n) is 6.23. The number of amides is 3. The van der Waals surface area contributed by atoms with E-state index in [0.717, 1.165) is 27.8 Å². The summed E-state index contributed by atoms with van der Waals surface area (Å²) < 4.78 is 18.5. The summed E-state index contributed by atoms with van der Waals surface area (Å²) in [6.07, 6.45) is 1.49. The molecule has 0 fully saturated rings. The standard InChI is InChI=1S/C30H24FN3O4S/c1-18-5-10-23(16-19(18)2)32-26-27(30(37)34(29(26)36)17-24-4-3-15-38-24)39-25-13-11-22(12-14-25)33-28(35)20-6-8-21(31)9-7-20/h3-16,32H,17H2,1-2H3,(H,33,35). The molecule has 9 heteroatoms. The van der Waals surface area contributed by atoms with Gasteiger partial charge in [0.15, 0.2) is 0 Å². The summed E-state index contributed by atoms with van der Waals surface area (Å²) in [4.78, 5) is 41.4. The third kappa shape index (κ3) is 5.78. The van der Waals surface area contributed by atoms with Gasteiger partial charge in [-0.15, -0.1) is 0 Å². The number of nitrogens with zero attached hydrogens (tertiary/aromatic N) is 1. The molecule has 0 spiro atoms. The molecule has 0 aliphatic carbocycles. The van der Waals surface area contributed by atoms with E-state index in [1.165, 1.54) is 30.5 Å². The molecule has 7 nitrogen and oxygen atoms in total. The largest absolute Gasteiger partial charge is 0.467 e. The lowest BCUT2D eigenvalue weighted by atomic mass is 10.1. The highest BCUT2D eigenvalue weighted by atomic mass is 32.2. The van der Waals surface area contributed by atoms with Crippen molar-refractivity contribution in [3.8, 4) is 0 Å². The van der Waals surface area contributed by atoms with E-state index in [2.05, 4.69) is 10.6 Å². The molecule has 1 aliphatic rings. The van der Waals surface area contributed by atoms with Crippen LogP contribution in [0.2, 0.25) is 0 Å². The highest BCUT2D eigenvalue weighted by Gasteiger charge is 2.39. The average molecular weight is 542 g/mol. The van der Waals surface area contributed by atoms with Crippen molar-refractivity contribution in [2.24, 2.45) is 0 Å². The first-order valence-corrected chi connectivity index (χ1v) is 12.9. The van der Waals surface area contributed by atoms with Crippen LogP contribution < -0.4 is 10.6 Å². The van der Waals surface area contributed by atoms with Crippen LogP contribution in [0.5, 0.6) is 0 Å². The Kier molecular flexibility index (Phi) is 7.33. The average Bonchev–Trinajstić information content (AvgIpc) is 3.51. The summed E-state index contributed by atoms with van der Waals surface area (Å²) >= 11 is 1.16. The predicted octanol–water partition coefficient (Wildman–Crippen LogP) is 6.27. The summed E-state index contributed by atoms with van der Waals surface area (Å²) in [5.74, 6) is -1.17. The van der Waals surface area contributed by atoms with E-state index in [1.807, 2.05) is 32.0 Å². The molecule has 3 amide bonds. The number of furan rings is 1. The van der Waals surface area contributed by atoms with Crippen molar-refractivity contribution in [1.82, 2.24) is 4.90 Å². The van der Waals surface area contributed by atoms with E-state index in [0.29, 0.717) is 27.6 Å². The molecule has 0 bridgehead atoms. The molecule has 1 aliphatic heterocycles. The zero-order valence-electron chi connectivity index (χ0n) is 21.2. The van der Waals surface area contributed by atoms with Crippen LogP contribution in [0.1, 0.15) is 27.2 Å². The minimum absolute atomic E-state index is 0.0151. The number of hydrogen-bond acceptors (Lipinski definition) is 6. The van der Waals surface area contributed by atoms with Crippen LogP contribution in [0, 0.1) is 19.7 Å². The fraction of sp³-hybridized carbons (Fsp3) is 0.100. The van der Waals surface area contributed by atoms with Gasteiger partial charge in [0, 0.05) is 21.8 Å². The Labute approximate surface area is 228 Å². The Bertz CT molecular complexity index is 1580. The lowest BCUT2D eigenvalue weighted by Gasteiger charge is -2.14. The fourth-order valence-corrected chi connectivity index (χ4v) is 4.90. The van der Waals surface area contributed by atoms with Gasteiger partial charge < -0.3 is 15.1 Å². The molecule has 0 radical (unpaired) electrons. The summed E-state index contributed by atoms with van der Waals surface area (Å²) in [7, 11) is 0. The summed E-state index contributed by atoms with van der Waals surface area (Å²) in [6, 6.07) is 21.3. The van der Waals surface area contributed by atoms with Crippen molar-refractivity contribution in [2.45, 2.75) is 25.3 Å². The molecule has 3 aromatic carbocycles. The predicted molar refractivity (Wildman–Crippen MR) is 147 cm³/mol. The summed E-state index contributed by atoms with van der Waals surface area (Å²) in [6.45, 7) is 3.99. The molecular formula is C30H24FN3O4S. The quantitative estimate of drug-likeness (QED) is 0.256. The maximum atomic E-state index is 13.4. The summed E-state index contributed by atoms with van der Waals surface area (Å²) in [5, 5.41) is 5.92. The van der Waals surface area contributed by atoms with Crippen molar-refractivity contribution in [1.29, 1.82) is 0 Å². The zero-order valence-corrected chi connectivity index (χ0v) is 22.0. The first-order valence-electron chi connectivity index (χ1n) is 12.1. The number of carbonyl (C=O) groups excluding carboxylic acids is 3. The normalized spacial score (nSPS) is 13.3. The lowest BCUT2D eigenvalue weighted by Crippen LogP contribution is -2.31. The number of hydrogen-bond donors (Lipinski definition) is 2. The van der Waals surface area contributed by atoms with Gasteiger partial charge in [0.25, 0.3) is 17.7 Å². The second kappa shape index (κ2) is 11.0. The highest BCUT2D eigenvalue weighted by Crippen LogP contribution is 2.37. The van der Waals surface area contributed by atoms with Crippen molar-refractivity contribution < 1.29 is 23.2 Å². The van der Waals surface area contributed by atoms with Crippen molar-refractivity contribution in [2.75, 3.05) is 10.6 Å². The van der Waals surface area contributed by atoms with Gasteiger partial charge in [0.2, 0.25) is 0 Å². The molecule has 2 heterocycles. The van der Waals surface area contributed by atoms with E-state index in [9.17, 15) is 18.8 Å². The zero-order chi connectivity index (χ0) is 27.5. The Hall–Kier alpha value is -4.63. The molecular weight excluding hydrogens is 517 g/mol. The van der Waals surface area contributed by atoms with E-state index in [-0.39, 0.29) is 23.1 Å². The smallest absolute Gasteiger partial charge is 0.278 e. The molecule has 4 aromatic rings. The van der Waals surface area contributed by atoms with Gasteiger partial charge in [-0.25, -0.2) is 4.39 Å². The maximum Gasteiger partial charge on any atom is 0.278 e. The van der Waals surface area contributed by atoms with Crippen molar-refractivity contribution >= 4 is 40.9 Å². The molecule has 0 saturated heterocycles. The van der Waals surface area contributed by atoms with Gasteiger partial charge >= 0.3 is 0 Å². The van der Waals surface area contributed by atoms with E-state index in [1.54, 1.807) is 36.4 Å². The van der Waals surface area contributed by atoms with Crippen LogP contribution in [0.4, 0.5) is 15.8 Å². The Balaban J connectivity index is 1.38. The number of rotatable bonds is 8. The lowest BCUT2D eigenvalue weighted by molar-refractivity contribution is -0.138. The number of halogens is 1. The molecule has 39 heavy (non-hydrogen) atoms. The molecule has 1 aromatic heterocycles. The molecule has 0 unspecified atom stereocenters. The van der Waals surface area contributed by atoms with Crippen molar-refractivity contribution in [3.63, 3.8) is 0 Å². The van der Waals surface area contributed by atoms with Gasteiger partial charge in [0.1, 0.15) is 22.2 Å². The van der Waals surface area contributed by atoms with Crippen LogP contribution in [0.25, 0.3) is 0 Å².